The molecule has 1 atom stereocenters. The topological polar surface area (TPSA) is 40.6 Å². The molecule has 0 aliphatic carbocycles. The first kappa shape index (κ1) is 12.3. The third kappa shape index (κ3) is 3.09. The van der Waals surface area contributed by atoms with Crippen molar-refractivity contribution in [2.75, 3.05) is 32.6 Å². The molecule has 0 aromatic carbocycles. The fourth-order valence-electron chi connectivity index (χ4n) is 1.55. The quantitative estimate of drug-likeness (QED) is 0.653. The Bertz CT molecular complexity index is 258. The fourth-order valence-corrected chi connectivity index (χ4v) is 1.68. The maximum Gasteiger partial charge on any atom is 0.241 e. The molecule has 4 nitrogen and oxygen atoms in total. The Morgan fingerprint density at radius 1 is 1.53 bits per heavy atom. The molecule has 0 aromatic heterocycles. The van der Waals surface area contributed by atoms with Gasteiger partial charge in [0.1, 0.15) is 0 Å². The summed E-state index contributed by atoms with van der Waals surface area (Å²) in [5.74, 6) is 0.0819. The van der Waals surface area contributed by atoms with Crippen LogP contribution in [0.5, 0.6) is 0 Å². The molecule has 0 saturated carbocycles. The van der Waals surface area contributed by atoms with E-state index in [9.17, 15) is 9.59 Å². The maximum atomic E-state index is 11.8. The molecule has 1 heterocycles. The molecule has 1 aliphatic heterocycles. The first-order valence-electron chi connectivity index (χ1n) is 5.15. The zero-order valence-corrected chi connectivity index (χ0v) is 9.96. The minimum Gasteiger partial charge on any atom is -0.344 e. The predicted molar refractivity (Wildman–Crippen MR) is 58.7 cm³/mol. The fraction of sp³-hybridized carbons (Fsp3) is 0.800. The number of halogens is 1. The molecular weight excluding hydrogens is 216 g/mol. The Morgan fingerprint density at radius 3 is 2.80 bits per heavy atom. The third-order valence-corrected chi connectivity index (χ3v) is 3.10. The Kier molecular flexibility index (Phi) is 4.39. The maximum absolute atomic E-state index is 11.8. The van der Waals surface area contributed by atoms with Gasteiger partial charge in [-0.3, -0.25) is 9.59 Å². The second-order valence-corrected chi connectivity index (χ2v) is 4.29. The average Bonchev–Trinajstić information content (AvgIpc) is 2.39. The molecule has 5 heteroatoms. The number of carbonyl (C=O) groups is 2. The number of alkyl halides is 1. The van der Waals surface area contributed by atoms with Gasteiger partial charge in [0, 0.05) is 31.9 Å². The number of likely N-dealkylation sites (N-methyl/N-ethyl adjacent to an activating group) is 1. The van der Waals surface area contributed by atoms with E-state index in [4.69, 9.17) is 11.6 Å². The minimum absolute atomic E-state index is 0.00243. The molecule has 1 unspecified atom stereocenters. The second-order valence-electron chi connectivity index (χ2n) is 3.98. The Hall–Kier alpha value is -0.770. The highest BCUT2D eigenvalue weighted by Gasteiger charge is 2.25. The van der Waals surface area contributed by atoms with Gasteiger partial charge in [-0.25, -0.2) is 0 Å². The standard InChI is InChI=1S/C10H17ClN2O2/c1-8(6-11)10(15)13-5-3-4-12(2)9(14)7-13/h8H,3-7H2,1-2H3. The summed E-state index contributed by atoms with van der Waals surface area (Å²) in [7, 11) is 1.77. The van der Waals surface area contributed by atoms with Crippen molar-refractivity contribution < 1.29 is 9.59 Å². The molecule has 86 valence electrons. The average molecular weight is 233 g/mol. The van der Waals surface area contributed by atoms with Crippen molar-refractivity contribution in [2.45, 2.75) is 13.3 Å². The van der Waals surface area contributed by atoms with Crippen LogP contribution in [-0.4, -0.2) is 54.2 Å². The molecule has 0 radical (unpaired) electrons. The Labute approximate surface area is 95.2 Å². The molecule has 0 N–H and O–H groups in total. The van der Waals surface area contributed by atoms with Crippen LogP contribution in [0, 0.1) is 5.92 Å². The van der Waals surface area contributed by atoms with Gasteiger partial charge in [0.2, 0.25) is 11.8 Å². The molecule has 1 aliphatic rings. The lowest BCUT2D eigenvalue weighted by Gasteiger charge is -2.22. The highest BCUT2D eigenvalue weighted by Crippen LogP contribution is 2.09. The van der Waals surface area contributed by atoms with Gasteiger partial charge >= 0.3 is 0 Å². The van der Waals surface area contributed by atoms with Crippen LogP contribution in [0.3, 0.4) is 0 Å². The molecule has 0 bridgehead atoms. The van der Waals surface area contributed by atoms with Crippen LogP contribution in [0.1, 0.15) is 13.3 Å². The molecule has 0 spiro atoms. The summed E-state index contributed by atoms with van der Waals surface area (Å²) >= 11 is 5.63. The van der Waals surface area contributed by atoms with Crippen LogP contribution in [-0.2, 0) is 9.59 Å². The zero-order valence-electron chi connectivity index (χ0n) is 9.20. The number of rotatable bonds is 2. The van der Waals surface area contributed by atoms with Crippen LogP contribution in [0.4, 0.5) is 0 Å². The lowest BCUT2D eigenvalue weighted by atomic mass is 10.2. The lowest BCUT2D eigenvalue weighted by molar-refractivity contribution is -0.140. The van der Waals surface area contributed by atoms with Crippen molar-refractivity contribution >= 4 is 23.4 Å². The van der Waals surface area contributed by atoms with Crippen LogP contribution < -0.4 is 0 Å². The van der Waals surface area contributed by atoms with E-state index in [-0.39, 0.29) is 24.3 Å². The van der Waals surface area contributed by atoms with E-state index in [1.807, 2.05) is 0 Å². The normalized spacial score (nSPS) is 20.1. The van der Waals surface area contributed by atoms with Crippen molar-refractivity contribution in [2.24, 2.45) is 5.92 Å². The van der Waals surface area contributed by atoms with Crippen molar-refractivity contribution in [1.29, 1.82) is 0 Å². The van der Waals surface area contributed by atoms with Gasteiger partial charge < -0.3 is 9.80 Å². The molecular formula is C10H17ClN2O2. The van der Waals surface area contributed by atoms with Crippen molar-refractivity contribution in [3.8, 4) is 0 Å². The van der Waals surface area contributed by atoms with E-state index >= 15 is 0 Å². The third-order valence-electron chi connectivity index (χ3n) is 2.64. The van der Waals surface area contributed by atoms with Crippen LogP contribution >= 0.6 is 11.6 Å². The Morgan fingerprint density at radius 2 is 2.20 bits per heavy atom. The van der Waals surface area contributed by atoms with Gasteiger partial charge in [-0.05, 0) is 6.42 Å². The zero-order chi connectivity index (χ0) is 11.4. The highest BCUT2D eigenvalue weighted by molar-refractivity contribution is 6.19. The minimum atomic E-state index is -0.206. The van der Waals surface area contributed by atoms with Crippen molar-refractivity contribution in [3.63, 3.8) is 0 Å². The van der Waals surface area contributed by atoms with Crippen molar-refractivity contribution in [1.82, 2.24) is 9.80 Å². The van der Waals surface area contributed by atoms with E-state index in [2.05, 4.69) is 0 Å². The summed E-state index contributed by atoms with van der Waals surface area (Å²) < 4.78 is 0. The molecule has 1 saturated heterocycles. The summed E-state index contributed by atoms with van der Waals surface area (Å²) in [5, 5.41) is 0. The van der Waals surface area contributed by atoms with E-state index in [1.165, 1.54) is 0 Å². The summed E-state index contributed by atoms with van der Waals surface area (Å²) in [6.07, 6.45) is 0.836. The predicted octanol–water partition coefficient (Wildman–Crippen LogP) is 0.552. The van der Waals surface area contributed by atoms with E-state index < -0.39 is 0 Å². The number of hydrogen-bond donors (Lipinski definition) is 0. The van der Waals surface area contributed by atoms with Gasteiger partial charge in [-0.2, -0.15) is 0 Å². The van der Waals surface area contributed by atoms with Crippen LogP contribution in [0.15, 0.2) is 0 Å². The van der Waals surface area contributed by atoms with Gasteiger partial charge in [-0.1, -0.05) is 6.92 Å². The van der Waals surface area contributed by atoms with Crippen molar-refractivity contribution in [3.05, 3.63) is 0 Å². The molecule has 0 aromatic rings. The van der Waals surface area contributed by atoms with E-state index in [1.54, 1.807) is 23.8 Å². The van der Waals surface area contributed by atoms with Crippen LogP contribution in [0.2, 0.25) is 0 Å². The lowest BCUT2D eigenvalue weighted by Crippen LogP contribution is -2.40. The van der Waals surface area contributed by atoms with Gasteiger partial charge in [0.05, 0.1) is 6.54 Å². The summed E-state index contributed by atoms with van der Waals surface area (Å²) in [5.41, 5.74) is 0. The second kappa shape index (κ2) is 5.35. The first-order chi connectivity index (χ1) is 7.06. The smallest absolute Gasteiger partial charge is 0.241 e. The summed E-state index contributed by atoms with van der Waals surface area (Å²) in [6, 6.07) is 0. The first-order valence-corrected chi connectivity index (χ1v) is 5.68. The van der Waals surface area contributed by atoms with E-state index in [0.29, 0.717) is 12.4 Å². The van der Waals surface area contributed by atoms with Crippen LogP contribution in [0.25, 0.3) is 0 Å². The SMILES string of the molecule is CC(CCl)C(=O)N1CCCN(C)C(=O)C1. The number of hydrogen-bond acceptors (Lipinski definition) is 2. The summed E-state index contributed by atoms with van der Waals surface area (Å²) in [6.45, 7) is 3.35. The van der Waals surface area contributed by atoms with Gasteiger partial charge in [-0.15, -0.1) is 11.6 Å². The number of carbonyl (C=O) groups excluding carboxylic acids is 2. The van der Waals surface area contributed by atoms with E-state index in [0.717, 1.165) is 13.0 Å². The molecule has 2 amide bonds. The van der Waals surface area contributed by atoms with Gasteiger partial charge in [0.25, 0.3) is 0 Å². The Balaban J connectivity index is 2.62. The largest absolute Gasteiger partial charge is 0.344 e. The highest BCUT2D eigenvalue weighted by atomic mass is 35.5. The molecule has 15 heavy (non-hydrogen) atoms. The number of nitrogens with zero attached hydrogens (tertiary/aromatic N) is 2. The molecule has 1 fully saturated rings. The molecule has 1 rings (SSSR count). The monoisotopic (exact) mass is 232 g/mol. The number of amides is 2. The van der Waals surface area contributed by atoms with Gasteiger partial charge in [0.15, 0.2) is 0 Å². The summed E-state index contributed by atoms with van der Waals surface area (Å²) in [4.78, 5) is 26.6.